The lowest BCUT2D eigenvalue weighted by Gasteiger charge is -2.17. The van der Waals surface area contributed by atoms with E-state index in [1.165, 1.54) is 0 Å². The van der Waals surface area contributed by atoms with Gasteiger partial charge in [0.25, 0.3) is 0 Å². The molecule has 102 valence electrons. The van der Waals surface area contributed by atoms with Crippen molar-refractivity contribution in [3.8, 4) is 0 Å². The number of guanidine groups is 1. The minimum Gasteiger partial charge on any atom is -0.464 e. The van der Waals surface area contributed by atoms with Crippen molar-refractivity contribution in [2.24, 2.45) is 10.7 Å². The van der Waals surface area contributed by atoms with Crippen LogP contribution in [0.15, 0.2) is 4.99 Å². The predicted molar refractivity (Wildman–Crippen MR) is 67.9 cm³/mol. The fourth-order valence-electron chi connectivity index (χ4n) is 1.59. The van der Waals surface area contributed by atoms with Crippen molar-refractivity contribution in [2.45, 2.75) is 38.5 Å². The van der Waals surface area contributed by atoms with Crippen LogP contribution in [0.1, 0.15) is 42.6 Å². The fourth-order valence-corrected chi connectivity index (χ4v) is 1.59. The standard InChI is InChI=1S/C12H21N3O3/c1-15-9-11(17)18-8-6-4-2-3-5-7-10(16)14-12(15)13/h2-9H2,1H3,(H2,13,14,16)/i1D3. The zero-order chi connectivity index (χ0) is 15.9. The van der Waals surface area contributed by atoms with E-state index < -0.39 is 31.4 Å². The van der Waals surface area contributed by atoms with E-state index in [-0.39, 0.29) is 13.0 Å². The summed E-state index contributed by atoms with van der Waals surface area (Å²) >= 11 is 0. The Morgan fingerprint density at radius 1 is 1.28 bits per heavy atom. The molecular weight excluding hydrogens is 234 g/mol. The average molecular weight is 258 g/mol. The monoisotopic (exact) mass is 258 g/mol. The van der Waals surface area contributed by atoms with Crippen molar-refractivity contribution in [2.75, 3.05) is 20.1 Å². The van der Waals surface area contributed by atoms with Crippen LogP contribution in [-0.4, -0.2) is 42.9 Å². The highest BCUT2D eigenvalue weighted by Gasteiger charge is 2.11. The van der Waals surface area contributed by atoms with Crippen molar-refractivity contribution in [1.82, 2.24) is 4.90 Å². The van der Waals surface area contributed by atoms with Crippen LogP contribution in [0.25, 0.3) is 0 Å². The van der Waals surface area contributed by atoms with Gasteiger partial charge in [-0.3, -0.25) is 9.59 Å². The van der Waals surface area contributed by atoms with E-state index in [0.29, 0.717) is 11.3 Å². The molecule has 0 spiro atoms. The lowest BCUT2D eigenvalue weighted by Crippen LogP contribution is -2.39. The first-order valence-electron chi connectivity index (χ1n) is 7.61. The number of nitrogens with zero attached hydrogens (tertiary/aromatic N) is 2. The highest BCUT2D eigenvalue weighted by Crippen LogP contribution is 2.07. The van der Waals surface area contributed by atoms with Gasteiger partial charge in [-0.15, -0.1) is 0 Å². The number of carbonyl (C=O) groups is 2. The van der Waals surface area contributed by atoms with Crippen molar-refractivity contribution in [3.05, 3.63) is 0 Å². The molecule has 0 aromatic heterocycles. The molecule has 0 fully saturated rings. The van der Waals surface area contributed by atoms with E-state index in [1.807, 2.05) is 0 Å². The second kappa shape index (κ2) is 7.68. The highest BCUT2D eigenvalue weighted by atomic mass is 16.5. The first kappa shape index (κ1) is 10.3. The number of hydrogen-bond acceptors (Lipinski definition) is 5. The summed E-state index contributed by atoms with van der Waals surface area (Å²) in [6.45, 7) is -2.97. The lowest BCUT2D eigenvalue weighted by atomic mass is 10.1. The maximum Gasteiger partial charge on any atom is 0.325 e. The van der Waals surface area contributed by atoms with Gasteiger partial charge in [-0.25, -0.2) is 0 Å². The number of nitrogens with two attached hydrogens (primary N) is 1. The molecule has 0 saturated carbocycles. The molecule has 0 unspecified atom stereocenters. The molecule has 0 aromatic rings. The molecule has 0 saturated heterocycles. The number of rotatable bonds is 0. The molecular formula is C12H21N3O3. The summed E-state index contributed by atoms with van der Waals surface area (Å²) in [5.74, 6) is -1.66. The largest absolute Gasteiger partial charge is 0.464 e. The summed E-state index contributed by atoms with van der Waals surface area (Å²) < 4.78 is 27.0. The van der Waals surface area contributed by atoms with E-state index >= 15 is 0 Å². The molecule has 1 aliphatic heterocycles. The highest BCUT2D eigenvalue weighted by molar-refractivity contribution is 5.93. The predicted octanol–water partition coefficient (Wildman–Crippen LogP) is 0.657. The number of amides is 1. The first-order chi connectivity index (χ1) is 9.80. The third-order valence-corrected chi connectivity index (χ3v) is 2.60. The summed E-state index contributed by atoms with van der Waals surface area (Å²) in [4.78, 5) is 27.4. The molecule has 0 aromatic carbocycles. The molecule has 0 atom stereocenters. The van der Waals surface area contributed by atoms with Crippen molar-refractivity contribution in [3.63, 3.8) is 0 Å². The average Bonchev–Trinajstić information content (AvgIpc) is 2.36. The third-order valence-electron chi connectivity index (χ3n) is 2.60. The quantitative estimate of drug-likeness (QED) is 0.645. The minimum atomic E-state index is -2.66. The number of esters is 1. The molecule has 1 aliphatic rings. The molecule has 2 N–H and O–H groups in total. The number of cyclic esters (lactones) is 1. The van der Waals surface area contributed by atoms with Crippen LogP contribution in [0.5, 0.6) is 0 Å². The van der Waals surface area contributed by atoms with Crippen LogP contribution in [0.3, 0.4) is 0 Å². The third kappa shape index (κ3) is 5.65. The van der Waals surface area contributed by atoms with Gasteiger partial charge in [0.05, 0.1) is 6.61 Å². The maximum absolute atomic E-state index is 11.6. The summed E-state index contributed by atoms with van der Waals surface area (Å²) in [7, 11) is 0. The molecule has 1 heterocycles. The molecule has 1 rings (SSSR count). The second-order valence-corrected chi connectivity index (χ2v) is 4.19. The second-order valence-electron chi connectivity index (χ2n) is 4.19. The van der Waals surface area contributed by atoms with Crippen LogP contribution in [0.2, 0.25) is 0 Å². The lowest BCUT2D eigenvalue weighted by molar-refractivity contribution is -0.144. The van der Waals surface area contributed by atoms with Gasteiger partial charge in [0, 0.05) is 17.5 Å². The zero-order valence-corrected chi connectivity index (χ0v) is 10.4. The number of aliphatic imine (C=N–C) groups is 1. The molecule has 0 aliphatic carbocycles. The number of hydrogen-bond donors (Lipinski definition) is 1. The van der Waals surface area contributed by atoms with Gasteiger partial charge < -0.3 is 15.4 Å². The van der Waals surface area contributed by atoms with Gasteiger partial charge in [-0.2, -0.15) is 4.99 Å². The molecule has 6 heteroatoms. The molecule has 6 nitrogen and oxygen atoms in total. The van der Waals surface area contributed by atoms with Gasteiger partial charge in [-0.1, -0.05) is 19.3 Å². The number of carbonyl (C=O) groups excluding carboxylic acids is 2. The first-order valence-corrected chi connectivity index (χ1v) is 6.11. The summed E-state index contributed by atoms with van der Waals surface area (Å²) in [6.07, 6.45) is 4.35. The van der Waals surface area contributed by atoms with E-state index in [9.17, 15) is 9.59 Å². The molecule has 18 heavy (non-hydrogen) atoms. The van der Waals surface area contributed by atoms with E-state index in [1.54, 1.807) is 0 Å². The van der Waals surface area contributed by atoms with Gasteiger partial charge in [0.2, 0.25) is 5.91 Å². The van der Waals surface area contributed by atoms with Gasteiger partial charge in [0.15, 0.2) is 5.96 Å². The normalized spacial score (nSPS) is 24.1. The Balaban J connectivity index is 2.87. The number of likely N-dealkylation sites (N-methyl/N-ethyl adjacent to an activating group) is 1. The van der Waals surface area contributed by atoms with Gasteiger partial charge in [0.1, 0.15) is 6.54 Å². The number of ether oxygens (including phenoxy) is 1. The molecule has 0 bridgehead atoms. The van der Waals surface area contributed by atoms with Crippen molar-refractivity contribution in [1.29, 1.82) is 0 Å². The maximum atomic E-state index is 11.6. The Morgan fingerprint density at radius 2 is 2.00 bits per heavy atom. The van der Waals surface area contributed by atoms with E-state index in [2.05, 4.69) is 4.99 Å². The summed E-state index contributed by atoms with van der Waals surface area (Å²) in [6, 6.07) is 0. The van der Waals surface area contributed by atoms with Crippen LogP contribution < -0.4 is 5.73 Å². The summed E-state index contributed by atoms with van der Waals surface area (Å²) in [5.41, 5.74) is 5.55. The van der Waals surface area contributed by atoms with Crippen molar-refractivity contribution >= 4 is 17.8 Å². The van der Waals surface area contributed by atoms with Gasteiger partial charge in [-0.05, 0) is 12.8 Å². The van der Waals surface area contributed by atoms with Crippen LogP contribution in [0, 0.1) is 0 Å². The van der Waals surface area contributed by atoms with Crippen LogP contribution >= 0.6 is 0 Å². The summed E-state index contributed by atoms with van der Waals surface area (Å²) in [5, 5.41) is 0. The smallest absolute Gasteiger partial charge is 0.325 e. The van der Waals surface area contributed by atoms with E-state index in [0.717, 1.165) is 25.7 Å². The Hall–Kier alpha value is -1.59. The van der Waals surface area contributed by atoms with Gasteiger partial charge >= 0.3 is 5.97 Å². The Kier molecular flexibility index (Phi) is 4.41. The molecule has 0 radical (unpaired) electrons. The van der Waals surface area contributed by atoms with Crippen molar-refractivity contribution < 1.29 is 18.4 Å². The van der Waals surface area contributed by atoms with E-state index in [4.69, 9.17) is 14.6 Å². The zero-order valence-electron chi connectivity index (χ0n) is 13.4. The molecule has 1 amide bonds. The minimum absolute atomic E-state index is 0.222. The van der Waals surface area contributed by atoms with Crippen LogP contribution in [0.4, 0.5) is 0 Å². The fraction of sp³-hybridized carbons (Fsp3) is 0.750. The Bertz CT molecular complexity index is 410. The van der Waals surface area contributed by atoms with Crippen LogP contribution in [-0.2, 0) is 14.3 Å². The Labute approximate surface area is 111 Å². The SMILES string of the molecule is [2H]C([2H])([2H])N1CC(=O)OCCCCCCCC(=O)N=C1N. The topological polar surface area (TPSA) is 85.0 Å². The Morgan fingerprint density at radius 3 is 2.78 bits per heavy atom.